The summed E-state index contributed by atoms with van der Waals surface area (Å²) in [4.78, 5) is 0. The highest BCUT2D eigenvalue weighted by molar-refractivity contribution is 4.97. The number of hydrogen-bond acceptors (Lipinski definition) is 1. The quantitative estimate of drug-likeness (QED) is 0.585. The first kappa shape index (κ1) is 7.37. The van der Waals surface area contributed by atoms with Crippen LogP contribution in [0.25, 0.3) is 0 Å². The molecule has 1 nitrogen and oxygen atoms in total. The van der Waals surface area contributed by atoms with Crippen LogP contribution in [0.1, 0.15) is 38.5 Å². The van der Waals surface area contributed by atoms with Crippen molar-refractivity contribution in [3.8, 4) is 0 Å². The Morgan fingerprint density at radius 3 is 2.50 bits per heavy atom. The minimum Gasteiger partial charge on any atom is -0.393 e. The van der Waals surface area contributed by atoms with Crippen molar-refractivity contribution in [2.24, 2.45) is 23.7 Å². The number of aliphatic hydroxyl groups excluding tert-OH is 1. The maximum absolute atomic E-state index is 9.84. The van der Waals surface area contributed by atoms with E-state index in [4.69, 9.17) is 0 Å². The van der Waals surface area contributed by atoms with E-state index in [1.807, 2.05) is 0 Å². The predicted octanol–water partition coefficient (Wildman–Crippen LogP) is 2.19. The second kappa shape index (κ2) is 2.47. The third-order valence-electron chi connectivity index (χ3n) is 4.63. The van der Waals surface area contributed by atoms with E-state index in [1.54, 1.807) is 0 Å². The molecule has 4 saturated carbocycles. The SMILES string of the molecule is OC1CCC2CC3CCC2C1C3. The third kappa shape index (κ3) is 0.891. The summed E-state index contributed by atoms with van der Waals surface area (Å²) in [6.07, 6.45) is 8.21. The molecule has 4 aliphatic carbocycles. The van der Waals surface area contributed by atoms with Crippen molar-refractivity contribution >= 4 is 0 Å². The minimum absolute atomic E-state index is 0.0642. The van der Waals surface area contributed by atoms with Gasteiger partial charge in [-0.3, -0.25) is 0 Å². The minimum atomic E-state index is 0.0642. The Labute approximate surface area is 74.2 Å². The van der Waals surface area contributed by atoms with Gasteiger partial charge in [0.25, 0.3) is 0 Å². The fraction of sp³-hybridized carbons (Fsp3) is 1.00. The van der Waals surface area contributed by atoms with Crippen molar-refractivity contribution in [3.05, 3.63) is 0 Å². The first-order valence-electron chi connectivity index (χ1n) is 5.52. The Morgan fingerprint density at radius 1 is 0.833 bits per heavy atom. The zero-order valence-corrected chi connectivity index (χ0v) is 7.58. The summed E-state index contributed by atoms with van der Waals surface area (Å²) in [6.45, 7) is 0. The average molecular weight is 166 g/mol. The van der Waals surface area contributed by atoms with E-state index in [1.165, 1.54) is 32.1 Å². The molecular weight excluding hydrogens is 148 g/mol. The molecule has 0 heterocycles. The molecule has 0 aromatic heterocycles. The molecular formula is C11H18O. The fourth-order valence-corrected chi connectivity index (χ4v) is 4.10. The van der Waals surface area contributed by atoms with Gasteiger partial charge in [-0.1, -0.05) is 6.42 Å². The Morgan fingerprint density at radius 2 is 1.75 bits per heavy atom. The molecule has 4 fully saturated rings. The van der Waals surface area contributed by atoms with Gasteiger partial charge in [0.2, 0.25) is 0 Å². The standard InChI is InChI=1S/C11H18O/c12-11-4-2-8-5-7-1-3-9(8)10(11)6-7/h7-12H,1-6H2. The van der Waals surface area contributed by atoms with Gasteiger partial charge in [0.15, 0.2) is 0 Å². The average Bonchev–Trinajstić information content (AvgIpc) is 2.13. The molecule has 0 radical (unpaired) electrons. The maximum Gasteiger partial charge on any atom is 0.0571 e. The first-order valence-corrected chi connectivity index (χ1v) is 5.52. The normalized spacial score (nSPS) is 57.2. The molecule has 0 aromatic carbocycles. The summed E-state index contributed by atoms with van der Waals surface area (Å²) in [7, 11) is 0. The Hall–Kier alpha value is -0.0400. The molecule has 0 spiro atoms. The van der Waals surface area contributed by atoms with Crippen LogP contribution >= 0.6 is 0 Å². The summed E-state index contributed by atoms with van der Waals surface area (Å²) in [5, 5.41) is 9.84. The molecule has 1 N–H and O–H groups in total. The third-order valence-corrected chi connectivity index (χ3v) is 4.63. The van der Waals surface area contributed by atoms with Gasteiger partial charge >= 0.3 is 0 Å². The molecule has 0 aromatic rings. The molecule has 12 heavy (non-hydrogen) atoms. The number of rotatable bonds is 0. The van der Waals surface area contributed by atoms with Crippen LogP contribution in [0.3, 0.4) is 0 Å². The van der Waals surface area contributed by atoms with E-state index in [-0.39, 0.29) is 6.10 Å². The van der Waals surface area contributed by atoms with Crippen LogP contribution in [0.4, 0.5) is 0 Å². The fourth-order valence-electron chi connectivity index (χ4n) is 4.10. The molecule has 68 valence electrons. The molecule has 4 aliphatic rings. The predicted molar refractivity (Wildman–Crippen MR) is 47.7 cm³/mol. The summed E-state index contributed by atoms with van der Waals surface area (Å²) in [5.74, 6) is 3.61. The van der Waals surface area contributed by atoms with Crippen molar-refractivity contribution in [1.29, 1.82) is 0 Å². The molecule has 0 saturated heterocycles. The van der Waals surface area contributed by atoms with Crippen LogP contribution in [-0.4, -0.2) is 11.2 Å². The highest BCUT2D eigenvalue weighted by Crippen LogP contribution is 2.54. The lowest BCUT2D eigenvalue weighted by Gasteiger charge is -2.52. The van der Waals surface area contributed by atoms with Gasteiger partial charge in [-0.2, -0.15) is 0 Å². The topological polar surface area (TPSA) is 20.2 Å². The zero-order valence-electron chi connectivity index (χ0n) is 7.58. The van der Waals surface area contributed by atoms with Gasteiger partial charge in [-0.25, -0.2) is 0 Å². The highest BCUT2D eigenvalue weighted by atomic mass is 16.3. The number of hydrogen-bond donors (Lipinski definition) is 1. The first-order chi connectivity index (χ1) is 5.84. The number of aliphatic hydroxyl groups is 1. The molecule has 4 bridgehead atoms. The van der Waals surface area contributed by atoms with Gasteiger partial charge in [0.1, 0.15) is 0 Å². The van der Waals surface area contributed by atoms with E-state index in [0.29, 0.717) is 5.92 Å². The van der Waals surface area contributed by atoms with E-state index < -0.39 is 0 Å². The van der Waals surface area contributed by atoms with E-state index in [9.17, 15) is 5.11 Å². The van der Waals surface area contributed by atoms with Gasteiger partial charge in [0, 0.05) is 0 Å². The monoisotopic (exact) mass is 166 g/mol. The van der Waals surface area contributed by atoms with E-state index >= 15 is 0 Å². The van der Waals surface area contributed by atoms with Gasteiger partial charge in [-0.05, 0) is 55.8 Å². The largest absolute Gasteiger partial charge is 0.393 e. The molecule has 5 atom stereocenters. The van der Waals surface area contributed by atoms with Crippen LogP contribution in [-0.2, 0) is 0 Å². The number of fused-ring (bicyclic) bond motifs is 1. The molecule has 0 amide bonds. The summed E-state index contributed by atoms with van der Waals surface area (Å²) >= 11 is 0. The molecule has 5 unspecified atom stereocenters. The summed E-state index contributed by atoms with van der Waals surface area (Å²) in [6, 6.07) is 0. The van der Waals surface area contributed by atoms with E-state index in [0.717, 1.165) is 24.2 Å². The second-order valence-electron chi connectivity index (χ2n) is 5.15. The summed E-state index contributed by atoms with van der Waals surface area (Å²) < 4.78 is 0. The Balaban J connectivity index is 1.88. The van der Waals surface area contributed by atoms with E-state index in [2.05, 4.69) is 0 Å². The lowest BCUT2D eigenvalue weighted by atomic mass is 9.54. The summed E-state index contributed by atoms with van der Waals surface area (Å²) in [5.41, 5.74) is 0. The van der Waals surface area contributed by atoms with Crippen LogP contribution in [0, 0.1) is 23.7 Å². The van der Waals surface area contributed by atoms with Crippen LogP contribution in [0.15, 0.2) is 0 Å². The molecule has 4 rings (SSSR count). The lowest BCUT2D eigenvalue weighted by Crippen LogP contribution is -2.47. The van der Waals surface area contributed by atoms with Gasteiger partial charge in [0.05, 0.1) is 6.10 Å². The Kier molecular flexibility index (Phi) is 1.52. The smallest absolute Gasteiger partial charge is 0.0571 e. The van der Waals surface area contributed by atoms with Crippen LogP contribution in [0.2, 0.25) is 0 Å². The Bertz CT molecular complexity index is 189. The molecule has 1 heteroatoms. The van der Waals surface area contributed by atoms with Crippen molar-refractivity contribution in [3.63, 3.8) is 0 Å². The lowest BCUT2D eigenvalue weighted by molar-refractivity contribution is -0.0777. The van der Waals surface area contributed by atoms with Crippen molar-refractivity contribution < 1.29 is 5.11 Å². The molecule has 0 aliphatic heterocycles. The van der Waals surface area contributed by atoms with Crippen molar-refractivity contribution in [1.82, 2.24) is 0 Å². The maximum atomic E-state index is 9.84. The second-order valence-corrected chi connectivity index (χ2v) is 5.15. The van der Waals surface area contributed by atoms with Crippen molar-refractivity contribution in [2.75, 3.05) is 0 Å². The van der Waals surface area contributed by atoms with Gasteiger partial charge < -0.3 is 5.11 Å². The van der Waals surface area contributed by atoms with Gasteiger partial charge in [-0.15, -0.1) is 0 Å². The van der Waals surface area contributed by atoms with Crippen molar-refractivity contribution in [2.45, 2.75) is 44.6 Å². The zero-order chi connectivity index (χ0) is 8.13. The van der Waals surface area contributed by atoms with Crippen LogP contribution < -0.4 is 0 Å². The van der Waals surface area contributed by atoms with Crippen LogP contribution in [0.5, 0.6) is 0 Å². The highest BCUT2D eigenvalue weighted by Gasteiger charge is 2.47.